The average Bonchev–Trinajstić information content (AvgIpc) is 3.34. The van der Waals surface area contributed by atoms with E-state index in [1.54, 1.807) is 10.7 Å². The smallest absolute Gasteiger partial charge is 0.387 e. The zero-order chi connectivity index (χ0) is 27.5. The Morgan fingerprint density at radius 2 is 1.87 bits per heavy atom. The highest BCUT2D eigenvalue weighted by molar-refractivity contribution is 5.60. The first-order valence-corrected chi connectivity index (χ1v) is 12.3. The van der Waals surface area contributed by atoms with Crippen LogP contribution >= 0.6 is 0 Å². The van der Waals surface area contributed by atoms with Gasteiger partial charge in [0, 0.05) is 28.9 Å². The Bertz CT molecular complexity index is 1210. The summed E-state index contributed by atoms with van der Waals surface area (Å²) in [7, 11) is 2.10. The van der Waals surface area contributed by atoms with E-state index in [-0.39, 0.29) is 47.0 Å². The van der Waals surface area contributed by atoms with Gasteiger partial charge < -0.3 is 20.1 Å². The number of ether oxygens (including phenoxy) is 2. The summed E-state index contributed by atoms with van der Waals surface area (Å²) in [4.78, 5) is 14.5. The summed E-state index contributed by atoms with van der Waals surface area (Å²) in [5.74, 6) is -0.447. The van der Waals surface area contributed by atoms with E-state index in [1.165, 1.54) is 24.8 Å². The van der Waals surface area contributed by atoms with Gasteiger partial charge in [-0.3, -0.25) is 4.90 Å². The molecule has 1 aromatic carbocycles. The lowest BCUT2D eigenvalue weighted by Gasteiger charge is -2.53. The largest absolute Gasteiger partial charge is 0.488 e. The molecule has 1 saturated heterocycles. The summed E-state index contributed by atoms with van der Waals surface area (Å²) in [6, 6.07) is 4.43. The SMILES string of the molecule is CN1C(C)(C)CC(Nc2nc(Nc3ccc(OCCn4cncn4)c(OC(F)F)c3)ncc2F)CC1(C)C. The number of alkyl halides is 2. The van der Waals surface area contributed by atoms with Gasteiger partial charge in [-0.25, -0.2) is 19.0 Å². The first-order chi connectivity index (χ1) is 17.9. The second-order valence-corrected chi connectivity index (χ2v) is 10.5. The van der Waals surface area contributed by atoms with E-state index >= 15 is 0 Å². The van der Waals surface area contributed by atoms with Gasteiger partial charge in [0.1, 0.15) is 19.3 Å². The standard InChI is InChI=1S/C25H33F3N8O2/c1-24(2)11-17(12-25(3,4)35(24)5)32-21-18(26)13-30-23(34-21)33-16-6-7-19(20(10-16)38-22(27)28)37-9-8-36-15-29-14-31-36/h6-7,10,13-15,17,22H,8-9,11-12H2,1-5H3,(H2,30,32,33,34). The van der Waals surface area contributed by atoms with Crippen LogP contribution in [0.2, 0.25) is 0 Å². The molecule has 4 rings (SSSR count). The molecule has 0 unspecified atom stereocenters. The number of hydrogen-bond donors (Lipinski definition) is 2. The number of likely N-dealkylation sites (tertiary alicyclic amines) is 1. The molecule has 0 radical (unpaired) electrons. The first-order valence-electron chi connectivity index (χ1n) is 12.3. The molecule has 1 aliphatic rings. The van der Waals surface area contributed by atoms with E-state index in [9.17, 15) is 13.2 Å². The highest BCUT2D eigenvalue weighted by Crippen LogP contribution is 2.38. The van der Waals surface area contributed by atoms with Gasteiger partial charge in [0.05, 0.1) is 12.7 Å². The Balaban J connectivity index is 1.47. The predicted molar refractivity (Wildman–Crippen MR) is 136 cm³/mol. The van der Waals surface area contributed by atoms with E-state index < -0.39 is 12.4 Å². The van der Waals surface area contributed by atoms with Crippen LogP contribution in [0.1, 0.15) is 40.5 Å². The van der Waals surface area contributed by atoms with Gasteiger partial charge in [0.2, 0.25) is 5.95 Å². The van der Waals surface area contributed by atoms with E-state index in [4.69, 9.17) is 4.74 Å². The van der Waals surface area contributed by atoms with Gasteiger partial charge in [-0.05, 0) is 59.7 Å². The third kappa shape index (κ3) is 6.63. The summed E-state index contributed by atoms with van der Waals surface area (Å²) in [6.07, 6.45) is 5.57. The summed E-state index contributed by atoms with van der Waals surface area (Å²) in [6.45, 7) is 6.12. The molecule has 0 aliphatic carbocycles. The maximum Gasteiger partial charge on any atom is 0.387 e. The van der Waals surface area contributed by atoms with Crippen molar-refractivity contribution < 1.29 is 22.6 Å². The molecule has 0 bridgehead atoms. The van der Waals surface area contributed by atoms with Crippen LogP contribution in [-0.2, 0) is 6.54 Å². The quantitative estimate of drug-likeness (QED) is 0.383. The van der Waals surface area contributed by atoms with Crippen molar-refractivity contribution >= 4 is 17.5 Å². The lowest BCUT2D eigenvalue weighted by molar-refractivity contribution is -0.0514. The lowest BCUT2D eigenvalue weighted by Crippen LogP contribution is -2.61. The minimum absolute atomic E-state index is 0.00607. The van der Waals surface area contributed by atoms with E-state index in [0.717, 1.165) is 19.0 Å². The molecule has 1 fully saturated rings. The number of halogens is 3. The van der Waals surface area contributed by atoms with Crippen molar-refractivity contribution in [2.45, 2.75) is 70.8 Å². The summed E-state index contributed by atoms with van der Waals surface area (Å²) < 4.78 is 52.6. The number of nitrogens with zero attached hydrogens (tertiary/aromatic N) is 6. The minimum Gasteiger partial charge on any atom is -0.488 e. The summed E-state index contributed by atoms with van der Waals surface area (Å²) >= 11 is 0. The second kappa shape index (κ2) is 11.0. The molecule has 2 aromatic heterocycles. The fraction of sp³-hybridized carbons (Fsp3) is 0.520. The van der Waals surface area contributed by atoms with Crippen molar-refractivity contribution in [1.82, 2.24) is 29.6 Å². The molecule has 10 nitrogen and oxygen atoms in total. The normalized spacial score (nSPS) is 17.4. The van der Waals surface area contributed by atoms with Crippen molar-refractivity contribution in [2.24, 2.45) is 0 Å². The zero-order valence-electron chi connectivity index (χ0n) is 22.1. The molecule has 2 N–H and O–H groups in total. The molecule has 13 heteroatoms. The molecule has 1 aliphatic heterocycles. The van der Waals surface area contributed by atoms with Gasteiger partial charge in [-0.1, -0.05) is 0 Å². The number of aromatic nitrogens is 5. The van der Waals surface area contributed by atoms with E-state index in [0.29, 0.717) is 12.2 Å². The van der Waals surface area contributed by atoms with Crippen molar-refractivity contribution in [3.8, 4) is 11.5 Å². The second-order valence-electron chi connectivity index (χ2n) is 10.5. The Kier molecular flexibility index (Phi) is 7.95. The number of rotatable bonds is 10. The van der Waals surface area contributed by atoms with Crippen LogP contribution in [0.25, 0.3) is 0 Å². The number of benzene rings is 1. The summed E-state index contributed by atoms with van der Waals surface area (Å²) in [5.41, 5.74) is 0.178. The van der Waals surface area contributed by atoms with Crippen LogP contribution in [0.5, 0.6) is 11.5 Å². The Morgan fingerprint density at radius 1 is 1.13 bits per heavy atom. The lowest BCUT2D eigenvalue weighted by atomic mass is 9.77. The highest BCUT2D eigenvalue weighted by atomic mass is 19.3. The third-order valence-corrected chi connectivity index (χ3v) is 6.85. The molecule has 0 atom stereocenters. The van der Waals surface area contributed by atoms with Crippen LogP contribution in [0.3, 0.4) is 0 Å². The molecule has 0 saturated carbocycles. The van der Waals surface area contributed by atoms with Gasteiger partial charge in [0.15, 0.2) is 23.1 Å². The molecular weight excluding hydrogens is 501 g/mol. The van der Waals surface area contributed by atoms with Crippen molar-refractivity contribution in [3.63, 3.8) is 0 Å². The number of anilines is 3. The summed E-state index contributed by atoms with van der Waals surface area (Å²) in [5, 5.41) is 10.1. The number of piperidine rings is 1. The van der Waals surface area contributed by atoms with Gasteiger partial charge >= 0.3 is 6.61 Å². The van der Waals surface area contributed by atoms with E-state index in [2.05, 4.69) is 75.1 Å². The van der Waals surface area contributed by atoms with Crippen LogP contribution in [0.4, 0.5) is 30.6 Å². The first kappa shape index (κ1) is 27.4. The number of hydrogen-bond acceptors (Lipinski definition) is 9. The Hall–Kier alpha value is -3.61. The molecule has 0 spiro atoms. The molecular formula is C25H33F3N8O2. The van der Waals surface area contributed by atoms with Crippen LogP contribution < -0.4 is 20.1 Å². The van der Waals surface area contributed by atoms with Crippen molar-refractivity contribution in [1.29, 1.82) is 0 Å². The molecule has 206 valence electrons. The number of nitrogens with one attached hydrogen (secondary N) is 2. The maximum absolute atomic E-state index is 14.7. The topological polar surface area (TPSA) is 102 Å². The molecule has 38 heavy (non-hydrogen) atoms. The highest BCUT2D eigenvalue weighted by Gasteiger charge is 2.43. The third-order valence-electron chi connectivity index (χ3n) is 6.85. The van der Waals surface area contributed by atoms with Gasteiger partial charge in [0.25, 0.3) is 0 Å². The molecule has 3 heterocycles. The fourth-order valence-electron chi connectivity index (χ4n) is 4.81. The molecule has 0 amide bonds. The van der Waals surface area contributed by atoms with Crippen molar-refractivity contribution in [2.75, 3.05) is 24.3 Å². The Morgan fingerprint density at radius 3 is 2.53 bits per heavy atom. The van der Waals surface area contributed by atoms with E-state index in [1.807, 2.05) is 0 Å². The van der Waals surface area contributed by atoms with Gasteiger partial charge in [-0.2, -0.15) is 18.9 Å². The van der Waals surface area contributed by atoms with Crippen molar-refractivity contribution in [3.05, 3.63) is 42.9 Å². The predicted octanol–water partition coefficient (Wildman–Crippen LogP) is 4.69. The minimum atomic E-state index is -3.05. The van der Waals surface area contributed by atoms with Crippen LogP contribution in [0.15, 0.2) is 37.1 Å². The zero-order valence-corrected chi connectivity index (χ0v) is 22.1. The molecule has 3 aromatic rings. The fourth-order valence-corrected chi connectivity index (χ4v) is 4.81. The average molecular weight is 535 g/mol. The van der Waals surface area contributed by atoms with Crippen LogP contribution in [-0.4, -0.2) is 67.0 Å². The Labute approximate surface area is 219 Å². The van der Waals surface area contributed by atoms with Crippen LogP contribution in [0, 0.1) is 5.82 Å². The maximum atomic E-state index is 14.7. The van der Waals surface area contributed by atoms with Gasteiger partial charge in [-0.15, -0.1) is 0 Å². The monoisotopic (exact) mass is 534 g/mol.